The first-order chi connectivity index (χ1) is 15.1. The monoisotopic (exact) mass is 424 g/mol. The number of rotatable bonds is 8. The molecular formula is C22H25FN6O2. The van der Waals surface area contributed by atoms with Crippen LogP contribution in [-0.4, -0.2) is 48.2 Å². The first kappa shape index (κ1) is 21.0. The van der Waals surface area contributed by atoms with Crippen LogP contribution < -0.4 is 15.5 Å². The second kappa shape index (κ2) is 9.67. The van der Waals surface area contributed by atoms with Gasteiger partial charge in [0, 0.05) is 43.3 Å². The summed E-state index contributed by atoms with van der Waals surface area (Å²) < 4.78 is 20.1. The molecule has 3 aromatic rings. The minimum Gasteiger partial charge on any atom is -0.449 e. The van der Waals surface area contributed by atoms with Gasteiger partial charge < -0.3 is 15.4 Å². The molecule has 1 aliphatic heterocycles. The molecule has 0 bridgehead atoms. The molecule has 162 valence electrons. The highest BCUT2D eigenvalue weighted by Crippen LogP contribution is 2.29. The third kappa shape index (κ3) is 5.07. The van der Waals surface area contributed by atoms with Crippen molar-refractivity contribution in [2.75, 3.05) is 31.6 Å². The molecule has 4 rings (SSSR count). The lowest BCUT2D eigenvalue weighted by Gasteiger charge is -2.32. The van der Waals surface area contributed by atoms with Gasteiger partial charge in [-0.05, 0) is 36.4 Å². The second-order valence-corrected chi connectivity index (χ2v) is 7.54. The predicted octanol–water partition coefficient (Wildman–Crippen LogP) is 2.69. The van der Waals surface area contributed by atoms with Crippen LogP contribution in [0.4, 0.5) is 14.9 Å². The minimum atomic E-state index is -0.443. The maximum atomic E-state index is 14.9. The summed E-state index contributed by atoms with van der Waals surface area (Å²) >= 11 is 0. The Morgan fingerprint density at radius 3 is 2.77 bits per heavy atom. The fraction of sp³-hybridized carbons (Fsp3) is 0.318. The Morgan fingerprint density at radius 1 is 1.23 bits per heavy atom. The number of nitrogens with zero attached hydrogens (tertiary/aromatic N) is 3. The third-order valence-corrected chi connectivity index (χ3v) is 5.23. The van der Waals surface area contributed by atoms with Crippen molar-refractivity contribution in [3.05, 3.63) is 65.7 Å². The van der Waals surface area contributed by atoms with Gasteiger partial charge in [-0.15, -0.1) is 0 Å². The van der Waals surface area contributed by atoms with E-state index in [0.717, 1.165) is 23.4 Å². The highest BCUT2D eigenvalue weighted by molar-refractivity contribution is 5.88. The molecule has 1 aromatic heterocycles. The average molecular weight is 424 g/mol. The number of aromatic nitrogens is 3. The topological polar surface area (TPSA) is 95.2 Å². The Balaban J connectivity index is 1.42. The number of hydrogen-bond acceptors (Lipinski definition) is 6. The molecule has 8 nitrogen and oxygen atoms in total. The summed E-state index contributed by atoms with van der Waals surface area (Å²) in [6.45, 7) is 2.87. The van der Waals surface area contributed by atoms with Crippen molar-refractivity contribution in [3.63, 3.8) is 0 Å². The fourth-order valence-electron chi connectivity index (χ4n) is 3.63. The number of H-pyrrole nitrogens is 1. The molecule has 1 aliphatic rings. The van der Waals surface area contributed by atoms with Crippen molar-refractivity contribution in [3.8, 4) is 11.1 Å². The van der Waals surface area contributed by atoms with E-state index in [1.165, 1.54) is 11.0 Å². The lowest BCUT2D eigenvalue weighted by molar-refractivity contribution is 0.115. The lowest BCUT2D eigenvalue weighted by Crippen LogP contribution is -2.46. The molecule has 3 N–H and O–H groups in total. The summed E-state index contributed by atoms with van der Waals surface area (Å²) in [5.74, 6) is -0.214. The van der Waals surface area contributed by atoms with Crippen molar-refractivity contribution in [2.24, 2.45) is 5.92 Å². The van der Waals surface area contributed by atoms with Crippen LogP contribution in [0.5, 0.6) is 0 Å². The number of carbonyl (C=O) groups excluding carboxylic acids is 1. The van der Waals surface area contributed by atoms with Crippen LogP contribution in [0.3, 0.4) is 0 Å². The molecule has 1 unspecified atom stereocenters. The smallest absolute Gasteiger partial charge is 0.414 e. The highest BCUT2D eigenvalue weighted by atomic mass is 19.1. The quantitative estimate of drug-likeness (QED) is 0.515. The molecule has 2 aromatic carbocycles. The average Bonchev–Trinajstić information content (AvgIpc) is 3.29. The fourth-order valence-corrected chi connectivity index (χ4v) is 3.63. The predicted molar refractivity (Wildman–Crippen MR) is 115 cm³/mol. The molecular weight excluding hydrogens is 399 g/mol. The Bertz CT molecular complexity index is 1010. The molecule has 1 atom stereocenters. The van der Waals surface area contributed by atoms with Gasteiger partial charge in [-0.3, -0.25) is 4.90 Å². The number of hydrogen-bond donors (Lipinski definition) is 3. The number of amides is 1. The molecule has 1 saturated heterocycles. The number of benzene rings is 2. The zero-order valence-electron chi connectivity index (χ0n) is 17.3. The van der Waals surface area contributed by atoms with Crippen LogP contribution in [0.2, 0.25) is 0 Å². The lowest BCUT2D eigenvalue weighted by atomic mass is 10.0. The zero-order valence-corrected chi connectivity index (χ0v) is 17.3. The van der Waals surface area contributed by atoms with Gasteiger partial charge in [-0.25, -0.2) is 9.18 Å². The molecule has 9 heteroatoms. The van der Waals surface area contributed by atoms with Crippen LogP contribution in [-0.2, 0) is 17.8 Å². The van der Waals surface area contributed by atoms with Crippen LogP contribution in [0, 0.1) is 11.7 Å². The number of carbonyl (C=O) groups is 1. The molecule has 2 heterocycles. The first-order valence-electron chi connectivity index (χ1n) is 10.2. The number of nitrogens with one attached hydrogen (secondary N) is 3. The number of ether oxygens (including phenoxy) is 1. The summed E-state index contributed by atoms with van der Waals surface area (Å²) in [6, 6.07) is 12.6. The van der Waals surface area contributed by atoms with E-state index in [2.05, 4.69) is 26.0 Å². The van der Waals surface area contributed by atoms with Gasteiger partial charge in [-0.1, -0.05) is 24.3 Å². The second-order valence-electron chi connectivity index (χ2n) is 7.54. The molecule has 0 spiro atoms. The molecule has 1 fully saturated rings. The van der Waals surface area contributed by atoms with Gasteiger partial charge in [0.1, 0.15) is 5.82 Å². The van der Waals surface area contributed by atoms with E-state index >= 15 is 0 Å². The van der Waals surface area contributed by atoms with E-state index < -0.39 is 6.09 Å². The zero-order chi connectivity index (χ0) is 21.6. The van der Waals surface area contributed by atoms with Crippen molar-refractivity contribution in [1.82, 2.24) is 26.0 Å². The molecule has 31 heavy (non-hydrogen) atoms. The molecule has 1 amide bonds. The van der Waals surface area contributed by atoms with Gasteiger partial charge >= 0.3 is 6.09 Å². The highest BCUT2D eigenvalue weighted by Gasteiger charge is 2.28. The summed E-state index contributed by atoms with van der Waals surface area (Å²) in [7, 11) is 1.85. The first-order valence-corrected chi connectivity index (χ1v) is 10.2. The van der Waals surface area contributed by atoms with Crippen LogP contribution in [0.15, 0.2) is 48.7 Å². The van der Waals surface area contributed by atoms with Crippen molar-refractivity contribution in [2.45, 2.75) is 13.1 Å². The number of anilines is 1. The Labute approximate surface area is 179 Å². The van der Waals surface area contributed by atoms with Crippen molar-refractivity contribution >= 4 is 11.8 Å². The number of halogens is 1. The largest absolute Gasteiger partial charge is 0.449 e. The van der Waals surface area contributed by atoms with Gasteiger partial charge in [0.15, 0.2) is 0 Å². The van der Waals surface area contributed by atoms with E-state index in [1.54, 1.807) is 18.3 Å². The van der Waals surface area contributed by atoms with Crippen LogP contribution in [0.1, 0.15) is 11.3 Å². The summed E-state index contributed by atoms with van der Waals surface area (Å²) in [4.78, 5) is 13.6. The van der Waals surface area contributed by atoms with E-state index in [1.807, 2.05) is 31.3 Å². The summed E-state index contributed by atoms with van der Waals surface area (Å²) in [5, 5.41) is 16.7. The summed E-state index contributed by atoms with van der Waals surface area (Å²) in [6.07, 6.45) is 1.23. The maximum absolute atomic E-state index is 14.9. The van der Waals surface area contributed by atoms with Crippen LogP contribution >= 0.6 is 0 Å². The van der Waals surface area contributed by atoms with Gasteiger partial charge in [0.05, 0.1) is 18.5 Å². The normalized spacial score (nSPS) is 16.4. The number of cyclic esters (lactones) is 1. The van der Waals surface area contributed by atoms with E-state index in [0.29, 0.717) is 37.5 Å². The minimum absolute atomic E-state index is 0.163. The van der Waals surface area contributed by atoms with Crippen molar-refractivity contribution < 1.29 is 13.9 Å². The van der Waals surface area contributed by atoms with Gasteiger partial charge in [-0.2, -0.15) is 15.4 Å². The standard InChI is InChI=1S/C22H25FN6O2/c1-24-9-16-13-29(22(30)31-14-16)19-6-7-20(21(23)8-19)17-4-2-15(3-5-17)10-25-11-18-12-26-28-27-18/h2-8,12,16,24-25H,9-11,13-14H2,1H3,(H,26,27,28). The van der Waals surface area contributed by atoms with Gasteiger partial charge in [0.25, 0.3) is 0 Å². The Morgan fingerprint density at radius 2 is 2.06 bits per heavy atom. The van der Waals surface area contributed by atoms with Crippen LogP contribution in [0.25, 0.3) is 11.1 Å². The Kier molecular flexibility index (Phi) is 6.54. The van der Waals surface area contributed by atoms with E-state index in [-0.39, 0.29) is 11.7 Å². The maximum Gasteiger partial charge on any atom is 0.414 e. The van der Waals surface area contributed by atoms with E-state index in [4.69, 9.17) is 4.74 Å². The van der Waals surface area contributed by atoms with E-state index in [9.17, 15) is 9.18 Å². The van der Waals surface area contributed by atoms with Crippen molar-refractivity contribution in [1.29, 1.82) is 0 Å². The third-order valence-electron chi connectivity index (χ3n) is 5.23. The molecule has 0 aliphatic carbocycles. The molecule has 0 saturated carbocycles. The Hall–Kier alpha value is -3.30. The summed E-state index contributed by atoms with van der Waals surface area (Å²) in [5.41, 5.74) is 3.69. The SMILES string of the molecule is CNCC1COC(=O)N(c2ccc(-c3ccc(CNCc4cn[nH]n4)cc3)c(F)c2)C1. The van der Waals surface area contributed by atoms with Gasteiger partial charge in [0.2, 0.25) is 0 Å². The molecule has 0 radical (unpaired) electrons. The number of aromatic amines is 1.